The molecule has 0 aliphatic carbocycles. The molecule has 1 aromatic rings. The first-order valence-corrected chi connectivity index (χ1v) is 6.29. The van der Waals surface area contributed by atoms with Crippen LogP contribution in [0.5, 0.6) is 0 Å². The minimum Gasteiger partial charge on any atom is -0.354 e. The minimum atomic E-state index is -0.376. The number of pyridine rings is 1. The van der Waals surface area contributed by atoms with E-state index in [0.29, 0.717) is 35.9 Å². The first-order valence-electron chi connectivity index (χ1n) is 5.91. The average Bonchev–Trinajstić information content (AvgIpc) is 2.67. The van der Waals surface area contributed by atoms with E-state index in [9.17, 15) is 9.59 Å². The molecule has 1 N–H and O–H groups in total. The topological polar surface area (TPSA) is 62.3 Å². The molecule has 18 heavy (non-hydrogen) atoms. The van der Waals surface area contributed by atoms with Crippen LogP contribution < -0.4 is 5.32 Å². The Labute approximate surface area is 109 Å². The van der Waals surface area contributed by atoms with Crippen molar-refractivity contribution in [3.8, 4) is 0 Å². The van der Waals surface area contributed by atoms with Crippen molar-refractivity contribution < 1.29 is 9.59 Å². The fourth-order valence-corrected chi connectivity index (χ4v) is 2.65. The Bertz CT molecular complexity index is 532. The second kappa shape index (κ2) is 4.24. The molecule has 2 aliphatic rings. The van der Waals surface area contributed by atoms with E-state index in [1.54, 1.807) is 17.0 Å². The third-order valence-corrected chi connectivity index (χ3v) is 3.59. The summed E-state index contributed by atoms with van der Waals surface area (Å²) in [4.78, 5) is 29.7. The number of carbonyl (C=O) groups is 2. The molecule has 3 rings (SSSR count). The van der Waals surface area contributed by atoms with Crippen molar-refractivity contribution in [3.63, 3.8) is 0 Å². The van der Waals surface area contributed by atoms with E-state index >= 15 is 0 Å². The number of fused-ring (bicyclic) bond motifs is 1. The first kappa shape index (κ1) is 11.5. The number of nitrogens with zero attached hydrogens (tertiary/aromatic N) is 2. The molecule has 1 saturated heterocycles. The van der Waals surface area contributed by atoms with Gasteiger partial charge in [-0.3, -0.25) is 9.59 Å². The lowest BCUT2D eigenvalue weighted by molar-refractivity contribution is -0.127. The Kier molecular flexibility index (Phi) is 2.70. The maximum absolute atomic E-state index is 12.2. The quantitative estimate of drug-likeness (QED) is 0.770. The van der Waals surface area contributed by atoms with Crippen LogP contribution in [-0.2, 0) is 11.3 Å². The number of piperidine rings is 1. The fraction of sp³-hybridized carbons (Fsp3) is 0.417. The Morgan fingerprint density at radius 3 is 3.00 bits per heavy atom. The van der Waals surface area contributed by atoms with Crippen LogP contribution in [0.2, 0.25) is 5.15 Å². The summed E-state index contributed by atoms with van der Waals surface area (Å²) in [5, 5.41) is 3.16. The van der Waals surface area contributed by atoms with Crippen LogP contribution in [0, 0.1) is 0 Å². The maximum atomic E-state index is 12.2. The number of hydrogen-bond donors (Lipinski definition) is 1. The van der Waals surface area contributed by atoms with E-state index < -0.39 is 0 Å². The molecule has 1 aromatic heterocycles. The van der Waals surface area contributed by atoms with Gasteiger partial charge in [-0.2, -0.15) is 0 Å². The summed E-state index contributed by atoms with van der Waals surface area (Å²) in [6.07, 6.45) is 1.60. The molecule has 6 heteroatoms. The molecule has 94 valence electrons. The lowest BCUT2D eigenvalue weighted by atomic mass is 10.1. The van der Waals surface area contributed by atoms with Gasteiger partial charge in [0.05, 0.1) is 17.8 Å². The molecule has 3 heterocycles. The molecular weight excluding hydrogens is 254 g/mol. The maximum Gasteiger partial charge on any atom is 0.256 e. The summed E-state index contributed by atoms with van der Waals surface area (Å²) in [6.45, 7) is 1.06. The van der Waals surface area contributed by atoms with Gasteiger partial charge in [-0.1, -0.05) is 11.6 Å². The molecule has 2 aliphatic heterocycles. The number of amides is 2. The highest BCUT2D eigenvalue weighted by Crippen LogP contribution is 2.26. The summed E-state index contributed by atoms with van der Waals surface area (Å²) in [5.41, 5.74) is 1.21. The van der Waals surface area contributed by atoms with Crippen molar-refractivity contribution in [2.24, 2.45) is 0 Å². The van der Waals surface area contributed by atoms with Gasteiger partial charge in [-0.25, -0.2) is 4.98 Å². The second-order valence-electron chi connectivity index (χ2n) is 4.51. The van der Waals surface area contributed by atoms with E-state index in [1.165, 1.54) is 0 Å². The molecule has 0 radical (unpaired) electrons. The highest BCUT2D eigenvalue weighted by molar-refractivity contribution is 6.29. The molecule has 0 saturated carbocycles. The zero-order chi connectivity index (χ0) is 12.7. The van der Waals surface area contributed by atoms with Crippen molar-refractivity contribution in [2.75, 3.05) is 6.54 Å². The molecule has 0 aromatic carbocycles. The standard InChI is InChI=1S/C12H12ClN3O2/c13-10-4-3-7-8(15-10)6-16(12(7)18)9-2-1-5-14-11(9)17/h3-4,9H,1-2,5-6H2,(H,14,17). The molecule has 2 amide bonds. The van der Waals surface area contributed by atoms with E-state index in [1.807, 2.05) is 0 Å². The highest BCUT2D eigenvalue weighted by atomic mass is 35.5. The van der Waals surface area contributed by atoms with Crippen molar-refractivity contribution >= 4 is 23.4 Å². The third-order valence-electron chi connectivity index (χ3n) is 3.38. The number of nitrogens with one attached hydrogen (secondary N) is 1. The van der Waals surface area contributed by atoms with Gasteiger partial charge >= 0.3 is 0 Å². The number of carbonyl (C=O) groups excluding carboxylic acids is 2. The van der Waals surface area contributed by atoms with Crippen molar-refractivity contribution in [1.82, 2.24) is 15.2 Å². The van der Waals surface area contributed by atoms with Crippen molar-refractivity contribution in [1.29, 1.82) is 0 Å². The zero-order valence-corrected chi connectivity index (χ0v) is 10.4. The Hall–Kier alpha value is -1.62. The molecule has 1 unspecified atom stereocenters. The Morgan fingerprint density at radius 1 is 1.39 bits per heavy atom. The summed E-state index contributed by atoms with van der Waals surface area (Å²) in [6, 6.07) is 2.90. The monoisotopic (exact) mass is 265 g/mol. The SMILES string of the molecule is O=C1NCCCC1N1Cc2nc(Cl)ccc2C1=O. The predicted octanol–water partition coefficient (Wildman–Crippen LogP) is 0.969. The third kappa shape index (κ3) is 1.75. The predicted molar refractivity (Wildman–Crippen MR) is 65.2 cm³/mol. The Balaban J connectivity index is 1.89. The number of hydrogen-bond acceptors (Lipinski definition) is 3. The lowest BCUT2D eigenvalue weighted by Gasteiger charge is -2.29. The van der Waals surface area contributed by atoms with Crippen molar-refractivity contribution in [3.05, 3.63) is 28.5 Å². The number of rotatable bonds is 1. The molecular formula is C12H12ClN3O2. The number of halogens is 1. The Morgan fingerprint density at radius 2 is 2.22 bits per heavy atom. The van der Waals surface area contributed by atoms with Crippen LogP contribution in [0.1, 0.15) is 28.9 Å². The van der Waals surface area contributed by atoms with Crippen LogP contribution in [0.4, 0.5) is 0 Å². The van der Waals surface area contributed by atoms with Crippen LogP contribution in [0.25, 0.3) is 0 Å². The molecule has 0 bridgehead atoms. The normalized spacial score (nSPS) is 22.9. The highest BCUT2D eigenvalue weighted by Gasteiger charge is 2.38. The van der Waals surface area contributed by atoms with Gasteiger partial charge in [0.2, 0.25) is 5.91 Å². The van der Waals surface area contributed by atoms with E-state index in [-0.39, 0.29) is 17.9 Å². The summed E-state index contributed by atoms with van der Waals surface area (Å²) >= 11 is 5.81. The average molecular weight is 266 g/mol. The summed E-state index contributed by atoms with van der Waals surface area (Å²) in [5.74, 6) is -0.204. The smallest absolute Gasteiger partial charge is 0.256 e. The van der Waals surface area contributed by atoms with Crippen LogP contribution in [0.3, 0.4) is 0 Å². The minimum absolute atomic E-state index is 0.0755. The van der Waals surface area contributed by atoms with E-state index in [2.05, 4.69) is 10.3 Å². The van der Waals surface area contributed by atoms with Gasteiger partial charge in [-0.15, -0.1) is 0 Å². The largest absolute Gasteiger partial charge is 0.354 e. The zero-order valence-electron chi connectivity index (χ0n) is 9.65. The lowest BCUT2D eigenvalue weighted by Crippen LogP contribution is -2.50. The van der Waals surface area contributed by atoms with E-state index in [4.69, 9.17) is 11.6 Å². The van der Waals surface area contributed by atoms with Crippen LogP contribution in [0.15, 0.2) is 12.1 Å². The number of aromatic nitrogens is 1. The van der Waals surface area contributed by atoms with Gasteiger partial charge in [0.1, 0.15) is 11.2 Å². The van der Waals surface area contributed by atoms with Crippen LogP contribution >= 0.6 is 11.6 Å². The summed E-state index contributed by atoms with van der Waals surface area (Å²) < 4.78 is 0. The van der Waals surface area contributed by atoms with Gasteiger partial charge in [0.15, 0.2) is 0 Å². The van der Waals surface area contributed by atoms with Crippen molar-refractivity contribution in [2.45, 2.75) is 25.4 Å². The van der Waals surface area contributed by atoms with Crippen LogP contribution in [-0.4, -0.2) is 34.3 Å². The van der Waals surface area contributed by atoms with Gasteiger partial charge < -0.3 is 10.2 Å². The second-order valence-corrected chi connectivity index (χ2v) is 4.90. The van der Waals surface area contributed by atoms with Gasteiger partial charge in [0.25, 0.3) is 5.91 Å². The van der Waals surface area contributed by atoms with Gasteiger partial charge in [-0.05, 0) is 25.0 Å². The fourth-order valence-electron chi connectivity index (χ4n) is 2.48. The summed E-state index contributed by atoms with van der Waals surface area (Å²) in [7, 11) is 0. The molecule has 5 nitrogen and oxygen atoms in total. The molecule has 0 spiro atoms. The molecule has 1 atom stereocenters. The molecule has 1 fully saturated rings. The van der Waals surface area contributed by atoms with E-state index in [0.717, 1.165) is 6.42 Å². The van der Waals surface area contributed by atoms with Gasteiger partial charge in [0, 0.05) is 6.54 Å². The first-order chi connectivity index (χ1) is 8.66.